The van der Waals surface area contributed by atoms with Crippen LogP contribution in [0.15, 0.2) is 24.3 Å². The average Bonchev–Trinajstić information content (AvgIpc) is 2.96. The summed E-state index contributed by atoms with van der Waals surface area (Å²) in [6.07, 6.45) is -4.60. The third kappa shape index (κ3) is 6.77. The minimum Gasteiger partial charge on any atom is -0.483 e. The zero-order chi connectivity index (χ0) is 20.7. The summed E-state index contributed by atoms with van der Waals surface area (Å²) in [6, 6.07) is 7.10. The number of rotatable bonds is 4. The molecule has 1 aromatic carbocycles. The lowest BCUT2D eigenvalue weighted by Gasteiger charge is -2.29. The first-order valence-corrected chi connectivity index (χ1v) is 8.72. The van der Waals surface area contributed by atoms with E-state index in [1.807, 2.05) is 18.0 Å². The molecule has 0 bridgehead atoms. The molecule has 1 fully saturated rings. The molecule has 0 amide bonds. The fraction of sp³-hybridized carbons (Fsp3) is 0.471. The summed E-state index contributed by atoms with van der Waals surface area (Å²) in [5, 5.41) is 11.5. The molecular formula is C17H20ClF3N4O3. The second-order valence-corrected chi connectivity index (χ2v) is 6.63. The molecule has 0 aliphatic carbocycles. The molecule has 7 nitrogen and oxygen atoms in total. The first-order valence-electron chi connectivity index (χ1n) is 8.34. The number of morpholine rings is 1. The molecule has 1 unspecified atom stereocenters. The summed E-state index contributed by atoms with van der Waals surface area (Å²) in [7, 11) is 1.90. The number of likely N-dealkylation sites (N-methyl/N-ethyl adjacent to an activating group) is 1. The monoisotopic (exact) mass is 420 g/mol. The quantitative estimate of drug-likeness (QED) is 0.766. The number of ether oxygens (including phenoxy) is 1. The van der Waals surface area contributed by atoms with Gasteiger partial charge in [0.25, 0.3) is 6.47 Å². The Hall–Kier alpha value is -2.17. The van der Waals surface area contributed by atoms with Crippen LogP contribution >= 0.6 is 11.6 Å². The highest BCUT2D eigenvalue weighted by Crippen LogP contribution is 2.25. The first kappa shape index (κ1) is 22.1. The van der Waals surface area contributed by atoms with E-state index in [0.717, 1.165) is 16.8 Å². The Bertz CT molecular complexity index is 785. The van der Waals surface area contributed by atoms with Crippen LogP contribution in [0.1, 0.15) is 23.3 Å². The SMILES string of the molecule is CN1CCOC(c2nc(Cc3cccc(Cl)c3)nn2CC(F)(F)F)C1.O=CO. The minimum atomic E-state index is -4.38. The molecule has 154 valence electrons. The van der Waals surface area contributed by atoms with Crippen LogP contribution in [0.25, 0.3) is 0 Å². The zero-order valence-electron chi connectivity index (χ0n) is 15.1. The minimum absolute atomic E-state index is 0.209. The van der Waals surface area contributed by atoms with Crippen molar-refractivity contribution in [2.24, 2.45) is 0 Å². The van der Waals surface area contributed by atoms with E-state index in [1.165, 1.54) is 0 Å². The summed E-state index contributed by atoms with van der Waals surface area (Å²) in [5.41, 5.74) is 0.838. The third-order valence-corrected chi connectivity index (χ3v) is 4.12. The molecule has 1 saturated heterocycles. The summed E-state index contributed by atoms with van der Waals surface area (Å²) in [6.45, 7) is 0.227. The zero-order valence-corrected chi connectivity index (χ0v) is 15.8. The predicted molar refractivity (Wildman–Crippen MR) is 95.2 cm³/mol. The van der Waals surface area contributed by atoms with E-state index in [1.54, 1.807) is 18.2 Å². The largest absolute Gasteiger partial charge is 0.483 e. The Balaban J connectivity index is 0.000000878. The number of halogens is 4. The van der Waals surface area contributed by atoms with Crippen molar-refractivity contribution >= 4 is 18.1 Å². The molecule has 2 aromatic rings. The topological polar surface area (TPSA) is 80.5 Å². The Kier molecular flexibility index (Phi) is 7.78. The van der Waals surface area contributed by atoms with Crippen molar-refractivity contribution in [2.75, 3.05) is 26.7 Å². The number of hydrogen-bond acceptors (Lipinski definition) is 5. The van der Waals surface area contributed by atoms with Gasteiger partial charge >= 0.3 is 6.18 Å². The third-order valence-electron chi connectivity index (χ3n) is 3.88. The maximum atomic E-state index is 12.9. The van der Waals surface area contributed by atoms with Crippen LogP contribution in [0.2, 0.25) is 5.02 Å². The number of hydrogen-bond donors (Lipinski definition) is 1. The average molecular weight is 421 g/mol. The van der Waals surface area contributed by atoms with E-state index in [2.05, 4.69) is 10.1 Å². The van der Waals surface area contributed by atoms with Crippen molar-refractivity contribution in [3.63, 3.8) is 0 Å². The lowest BCUT2D eigenvalue weighted by atomic mass is 10.1. The number of carbonyl (C=O) groups is 1. The highest BCUT2D eigenvalue weighted by molar-refractivity contribution is 6.30. The second kappa shape index (κ2) is 9.85. The molecule has 0 spiro atoms. The van der Waals surface area contributed by atoms with Gasteiger partial charge in [-0.05, 0) is 24.7 Å². The number of benzene rings is 1. The van der Waals surface area contributed by atoms with E-state index in [9.17, 15) is 13.2 Å². The normalized spacial score (nSPS) is 17.7. The maximum absolute atomic E-state index is 12.9. The van der Waals surface area contributed by atoms with Crippen LogP contribution in [0.3, 0.4) is 0 Å². The van der Waals surface area contributed by atoms with Gasteiger partial charge in [0, 0.05) is 24.5 Å². The molecule has 0 saturated carbocycles. The highest BCUT2D eigenvalue weighted by atomic mass is 35.5. The molecule has 1 aliphatic heterocycles. The van der Waals surface area contributed by atoms with Crippen LogP contribution in [-0.4, -0.2) is 64.2 Å². The molecule has 11 heteroatoms. The Morgan fingerprint density at radius 1 is 1.43 bits per heavy atom. The van der Waals surface area contributed by atoms with Gasteiger partial charge < -0.3 is 14.7 Å². The Morgan fingerprint density at radius 2 is 2.14 bits per heavy atom. The van der Waals surface area contributed by atoms with Gasteiger partial charge in [-0.2, -0.15) is 18.3 Å². The number of aromatic nitrogens is 3. The number of carboxylic acid groups (broad SMARTS) is 1. The van der Waals surface area contributed by atoms with Gasteiger partial charge in [-0.3, -0.25) is 4.79 Å². The summed E-state index contributed by atoms with van der Waals surface area (Å²) < 4.78 is 45.2. The van der Waals surface area contributed by atoms with Crippen LogP contribution in [0.4, 0.5) is 13.2 Å². The summed E-state index contributed by atoms with van der Waals surface area (Å²) >= 11 is 5.95. The van der Waals surface area contributed by atoms with Gasteiger partial charge in [-0.1, -0.05) is 23.7 Å². The molecule has 1 aromatic heterocycles. The van der Waals surface area contributed by atoms with E-state index in [0.29, 0.717) is 30.4 Å². The maximum Gasteiger partial charge on any atom is 0.408 e. The van der Waals surface area contributed by atoms with E-state index in [4.69, 9.17) is 26.2 Å². The first-order chi connectivity index (χ1) is 13.2. The Labute approximate surface area is 164 Å². The van der Waals surface area contributed by atoms with Gasteiger partial charge in [0.15, 0.2) is 11.6 Å². The lowest BCUT2D eigenvalue weighted by molar-refractivity contribution is -0.144. The summed E-state index contributed by atoms with van der Waals surface area (Å²) in [5.74, 6) is 0.527. The molecule has 1 N–H and O–H groups in total. The molecule has 2 heterocycles. The fourth-order valence-electron chi connectivity index (χ4n) is 2.77. The van der Waals surface area contributed by atoms with Crippen molar-refractivity contribution in [3.05, 3.63) is 46.5 Å². The van der Waals surface area contributed by atoms with Gasteiger partial charge in [-0.15, -0.1) is 0 Å². The molecule has 0 radical (unpaired) electrons. The Morgan fingerprint density at radius 3 is 2.75 bits per heavy atom. The fourth-order valence-corrected chi connectivity index (χ4v) is 2.98. The van der Waals surface area contributed by atoms with Gasteiger partial charge in [0.2, 0.25) is 0 Å². The van der Waals surface area contributed by atoms with E-state index < -0.39 is 18.8 Å². The van der Waals surface area contributed by atoms with Crippen LogP contribution in [0, 0.1) is 0 Å². The molecule has 1 atom stereocenters. The van der Waals surface area contributed by atoms with Crippen molar-refractivity contribution in [3.8, 4) is 0 Å². The van der Waals surface area contributed by atoms with Crippen molar-refractivity contribution in [1.82, 2.24) is 19.7 Å². The highest BCUT2D eigenvalue weighted by Gasteiger charge is 2.33. The second-order valence-electron chi connectivity index (χ2n) is 6.19. The molecule has 1 aliphatic rings. The molecule has 28 heavy (non-hydrogen) atoms. The smallest absolute Gasteiger partial charge is 0.408 e. The van der Waals surface area contributed by atoms with Crippen molar-refractivity contribution < 1.29 is 27.8 Å². The summed E-state index contributed by atoms with van der Waals surface area (Å²) in [4.78, 5) is 14.7. The van der Waals surface area contributed by atoms with Crippen LogP contribution in [0.5, 0.6) is 0 Å². The van der Waals surface area contributed by atoms with E-state index >= 15 is 0 Å². The van der Waals surface area contributed by atoms with Crippen molar-refractivity contribution in [2.45, 2.75) is 25.2 Å². The molecular weight excluding hydrogens is 401 g/mol. The predicted octanol–water partition coefficient (Wildman–Crippen LogP) is 2.79. The van der Waals surface area contributed by atoms with Crippen LogP contribution < -0.4 is 0 Å². The number of nitrogens with zero attached hydrogens (tertiary/aromatic N) is 4. The lowest BCUT2D eigenvalue weighted by Crippen LogP contribution is -2.37. The standard InChI is InChI=1S/C16H18ClF3N4O.CH2O2/c1-23-5-6-25-13(9-23)15-21-14(22-24(15)10-16(18,19)20)8-11-3-2-4-12(17)7-11;2-1-3/h2-4,7,13H,5-6,8-10H2,1H3;1H,(H,2,3). The van der Waals surface area contributed by atoms with E-state index in [-0.39, 0.29) is 12.3 Å². The van der Waals surface area contributed by atoms with Crippen LogP contribution in [-0.2, 0) is 22.5 Å². The van der Waals surface area contributed by atoms with Gasteiger partial charge in [0.1, 0.15) is 12.6 Å². The number of alkyl halides is 3. The molecule has 3 rings (SSSR count). The van der Waals surface area contributed by atoms with Gasteiger partial charge in [0.05, 0.1) is 6.61 Å². The van der Waals surface area contributed by atoms with Crippen molar-refractivity contribution in [1.29, 1.82) is 0 Å². The van der Waals surface area contributed by atoms with Gasteiger partial charge in [-0.25, -0.2) is 9.67 Å².